The number of para-hydroxylation sites is 2. The summed E-state index contributed by atoms with van der Waals surface area (Å²) in [6.07, 6.45) is 6.43. The highest BCUT2D eigenvalue weighted by Gasteiger charge is 2.38. The fourth-order valence-corrected chi connectivity index (χ4v) is 3.65. The number of hydrogen-bond donors (Lipinski definition) is 0. The fraction of sp³-hybridized carbons (Fsp3) is 0.421. The summed E-state index contributed by atoms with van der Waals surface area (Å²) >= 11 is 0. The van der Waals surface area contributed by atoms with Gasteiger partial charge in [-0.2, -0.15) is 0 Å². The minimum absolute atomic E-state index is 0.0670. The molecule has 2 aliphatic rings. The van der Waals surface area contributed by atoms with Crippen LogP contribution >= 0.6 is 0 Å². The zero-order valence-electron chi connectivity index (χ0n) is 13.9. The third-order valence-electron chi connectivity index (χ3n) is 5.10. The Morgan fingerprint density at radius 3 is 2.88 bits per heavy atom. The molecule has 1 aliphatic carbocycles. The smallest absolute Gasteiger partial charge is 0.276 e. The van der Waals surface area contributed by atoms with Crippen molar-refractivity contribution in [3.63, 3.8) is 0 Å². The average Bonchev–Trinajstić information content (AvgIpc) is 3.22. The van der Waals surface area contributed by atoms with Gasteiger partial charge in [-0.3, -0.25) is 4.79 Å². The molecule has 1 aliphatic heterocycles. The number of benzene rings is 1. The van der Waals surface area contributed by atoms with E-state index in [-0.39, 0.29) is 11.9 Å². The number of carbonyl (C=O) groups is 1. The molecule has 0 spiro atoms. The molecule has 1 amide bonds. The first-order chi connectivity index (χ1) is 12.3. The van der Waals surface area contributed by atoms with Gasteiger partial charge in [0.1, 0.15) is 17.3 Å². The zero-order chi connectivity index (χ0) is 16.8. The van der Waals surface area contributed by atoms with Crippen LogP contribution in [0.2, 0.25) is 0 Å². The summed E-state index contributed by atoms with van der Waals surface area (Å²) in [5, 5.41) is 0. The van der Waals surface area contributed by atoms with Crippen molar-refractivity contribution < 1.29 is 13.6 Å². The van der Waals surface area contributed by atoms with E-state index in [1.165, 1.54) is 6.39 Å². The van der Waals surface area contributed by atoms with Crippen LogP contribution in [-0.2, 0) is 0 Å². The van der Waals surface area contributed by atoms with Crippen LogP contribution in [0.15, 0.2) is 39.5 Å². The lowest BCUT2D eigenvalue weighted by molar-refractivity contribution is 0.0566. The third-order valence-corrected chi connectivity index (χ3v) is 5.10. The van der Waals surface area contributed by atoms with Gasteiger partial charge in [0.05, 0.1) is 0 Å². The van der Waals surface area contributed by atoms with Crippen LogP contribution in [0, 0.1) is 0 Å². The molecule has 3 heterocycles. The summed E-state index contributed by atoms with van der Waals surface area (Å²) < 4.78 is 11.4. The molecule has 0 N–H and O–H groups in total. The van der Waals surface area contributed by atoms with Gasteiger partial charge in [0, 0.05) is 12.5 Å². The molecule has 2 fully saturated rings. The summed E-state index contributed by atoms with van der Waals surface area (Å²) in [4.78, 5) is 23.8. The van der Waals surface area contributed by atoms with E-state index in [0.29, 0.717) is 24.0 Å². The van der Waals surface area contributed by atoms with Crippen LogP contribution in [0.25, 0.3) is 11.1 Å². The molecule has 128 valence electrons. The Balaban J connectivity index is 1.49. The molecule has 6 heteroatoms. The SMILES string of the molecule is O=C(c1ncoc1C1CC1)N1CCCCC1c1nc2ccccc2o1. The minimum Gasteiger partial charge on any atom is -0.447 e. The number of rotatable bonds is 3. The summed E-state index contributed by atoms with van der Waals surface area (Å²) in [5.41, 5.74) is 2.05. The number of fused-ring (bicyclic) bond motifs is 1. The maximum absolute atomic E-state index is 13.1. The minimum atomic E-state index is -0.141. The Labute approximate surface area is 144 Å². The lowest BCUT2D eigenvalue weighted by Gasteiger charge is -2.33. The highest BCUT2D eigenvalue weighted by Crippen LogP contribution is 2.42. The molecular formula is C19H19N3O3. The highest BCUT2D eigenvalue weighted by molar-refractivity contribution is 5.93. The van der Waals surface area contributed by atoms with Crippen LogP contribution in [0.5, 0.6) is 0 Å². The van der Waals surface area contributed by atoms with Crippen molar-refractivity contribution >= 4 is 17.0 Å². The van der Waals surface area contributed by atoms with Gasteiger partial charge < -0.3 is 13.7 Å². The standard InChI is InChI=1S/C19H19N3O3/c23-19(16-17(12-8-9-12)24-11-20-16)22-10-4-3-6-14(22)18-21-13-5-1-2-7-15(13)25-18/h1-2,5,7,11-12,14H,3-4,6,8-10H2. The Morgan fingerprint density at radius 2 is 2.04 bits per heavy atom. The van der Waals surface area contributed by atoms with Gasteiger partial charge in [-0.1, -0.05) is 12.1 Å². The average molecular weight is 337 g/mol. The van der Waals surface area contributed by atoms with Gasteiger partial charge in [0.25, 0.3) is 5.91 Å². The van der Waals surface area contributed by atoms with Crippen molar-refractivity contribution in [2.24, 2.45) is 0 Å². The Hall–Kier alpha value is -2.63. The lowest BCUT2D eigenvalue weighted by atomic mass is 10.0. The van der Waals surface area contributed by atoms with Crippen molar-refractivity contribution in [1.82, 2.24) is 14.9 Å². The van der Waals surface area contributed by atoms with Gasteiger partial charge in [-0.25, -0.2) is 9.97 Å². The largest absolute Gasteiger partial charge is 0.447 e. The van der Waals surface area contributed by atoms with E-state index in [1.54, 1.807) is 0 Å². The summed E-state index contributed by atoms with van der Waals surface area (Å²) in [5.74, 6) is 1.65. The maximum atomic E-state index is 13.1. The molecule has 0 bridgehead atoms. The van der Waals surface area contributed by atoms with Crippen LogP contribution < -0.4 is 0 Å². The molecule has 1 atom stereocenters. The fourth-order valence-electron chi connectivity index (χ4n) is 3.65. The predicted octanol–water partition coefficient (Wildman–Crippen LogP) is 4.06. The lowest BCUT2D eigenvalue weighted by Crippen LogP contribution is -2.39. The van der Waals surface area contributed by atoms with Gasteiger partial charge >= 0.3 is 0 Å². The van der Waals surface area contributed by atoms with Crippen LogP contribution in [-0.4, -0.2) is 27.3 Å². The number of likely N-dealkylation sites (tertiary alicyclic amines) is 1. The van der Waals surface area contributed by atoms with E-state index in [1.807, 2.05) is 29.2 Å². The van der Waals surface area contributed by atoms with E-state index < -0.39 is 0 Å². The van der Waals surface area contributed by atoms with E-state index in [9.17, 15) is 4.79 Å². The Kier molecular flexibility index (Phi) is 3.36. The van der Waals surface area contributed by atoms with E-state index in [4.69, 9.17) is 8.83 Å². The zero-order valence-corrected chi connectivity index (χ0v) is 13.9. The van der Waals surface area contributed by atoms with Gasteiger partial charge in [-0.15, -0.1) is 0 Å². The molecule has 5 rings (SSSR count). The van der Waals surface area contributed by atoms with Crippen LogP contribution in [0.3, 0.4) is 0 Å². The van der Waals surface area contributed by atoms with Crippen molar-refractivity contribution in [1.29, 1.82) is 0 Å². The molecule has 1 aromatic carbocycles. The molecule has 1 unspecified atom stereocenters. The van der Waals surface area contributed by atoms with Crippen molar-refractivity contribution in [2.45, 2.75) is 44.1 Å². The van der Waals surface area contributed by atoms with Gasteiger partial charge in [0.2, 0.25) is 5.89 Å². The number of hydrogen-bond acceptors (Lipinski definition) is 5. The van der Waals surface area contributed by atoms with E-state index >= 15 is 0 Å². The monoisotopic (exact) mass is 337 g/mol. The second-order valence-corrected chi connectivity index (χ2v) is 6.87. The maximum Gasteiger partial charge on any atom is 0.276 e. The van der Waals surface area contributed by atoms with Gasteiger partial charge in [-0.05, 0) is 44.2 Å². The highest BCUT2D eigenvalue weighted by atomic mass is 16.4. The number of aromatic nitrogens is 2. The van der Waals surface area contributed by atoms with E-state index in [0.717, 1.165) is 49.0 Å². The second kappa shape index (κ2) is 5.72. The number of oxazole rings is 2. The number of carbonyl (C=O) groups excluding carboxylic acids is 1. The Bertz CT molecular complexity index is 892. The van der Waals surface area contributed by atoms with Crippen molar-refractivity contribution in [3.8, 4) is 0 Å². The van der Waals surface area contributed by atoms with Crippen molar-refractivity contribution in [2.75, 3.05) is 6.54 Å². The van der Waals surface area contributed by atoms with Crippen LogP contribution in [0.4, 0.5) is 0 Å². The molecule has 2 aromatic heterocycles. The Morgan fingerprint density at radius 1 is 1.16 bits per heavy atom. The van der Waals surface area contributed by atoms with Crippen molar-refractivity contribution in [3.05, 3.63) is 48.0 Å². The molecule has 1 saturated heterocycles. The van der Waals surface area contributed by atoms with Gasteiger partial charge in [0.15, 0.2) is 17.7 Å². The second-order valence-electron chi connectivity index (χ2n) is 6.87. The summed E-state index contributed by atoms with van der Waals surface area (Å²) in [6.45, 7) is 0.694. The number of amides is 1. The number of nitrogens with zero attached hydrogens (tertiary/aromatic N) is 3. The first-order valence-corrected chi connectivity index (χ1v) is 8.91. The number of piperidine rings is 1. The van der Waals surface area contributed by atoms with E-state index in [2.05, 4.69) is 9.97 Å². The molecule has 6 nitrogen and oxygen atoms in total. The quantitative estimate of drug-likeness (QED) is 0.720. The molecule has 0 radical (unpaired) electrons. The molecule has 25 heavy (non-hydrogen) atoms. The summed E-state index contributed by atoms with van der Waals surface area (Å²) in [6, 6.07) is 7.56. The topological polar surface area (TPSA) is 72.4 Å². The third kappa shape index (κ3) is 2.52. The molecule has 3 aromatic rings. The predicted molar refractivity (Wildman–Crippen MR) is 90.1 cm³/mol. The molecule has 1 saturated carbocycles. The first-order valence-electron chi connectivity index (χ1n) is 8.91. The summed E-state index contributed by atoms with van der Waals surface area (Å²) in [7, 11) is 0. The first kappa shape index (κ1) is 14.7. The van der Waals surface area contributed by atoms with Crippen LogP contribution in [0.1, 0.15) is 66.2 Å². The normalized spacial score (nSPS) is 21.0. The molecular weight excluding hydrogens is 318 g/mol.